The van der Waals surface area contributed by atoms with Crippen LogP contribution in [0.4, 0.5) is 26.3 Å². The van der Waals surface area contributed by atoms with E-state index in [0.29, 0.717) is 38.2 Å². The molecule has 5 nitrogen and oxygen atoms in total. The van der Waals surface area contributed by atoms with Crippen LogP contribution in [0.1, 0.15) is 5.56 Å². The number of hydrogen-bond acceptors (Lipinski definition) is 5. The third kappa shape index (κ3) is 4.74. The minimum atomic E-state index is -6.88. The van der Waals surface area contributed by atoms with Gasteiger partial charge in [-0.25, -0.2) is 16.8 Å². The summed E-state index contributed by atoms with van der Waals surface area (Å²) in [7, 11) is -12.4. The lowest BCUT2D eigenvalue weighted by molar-refractivity contribution is -0.0471. The molecule has 5 aromatic rings. The van der Waals surface area contributed by atoms with Gasteiger partial charge in [0.2, 0.25) is 0 Å². The lowest BCUT2D eigenvalue weighted by Gasteiger charge is -2.25. The van der Waals surface area contributed by atoms with Crippen LogP contribution < -0.4 is 4.74 Å². The molecule has 0 heterocycles. The summed E-state index contributed by atoms with van der Waals surface area (Å²) < 4.78 is 134. The highest BCUT2D eigenvalue weighted by Gasteiger charge is 2.62. The van der Waals surface area contributed by atoms with Crippen LogP contribution in [-0.4, -0.2) is 39.5 Å². The first-order chi connectivity index (χ1) is 19.6. The smallest absolute Gasteiger partial charge is 0.497 e. The summed E-state index contributed by atoms with van der Waals surface area (Å²) in [6.07, 6.45) is -1.62. The number of benzene rings is 5. The summed E-state index contributed by atoms with van der Waals surface area (Å²) in [5.41, 5.74) is -12.5. The monoisotopic (exact) mass is 626 g/mol. The molecule has 0 aliphatic carbocycles. The third-order valence-corrected chi connectivity index (χ3v) is 11.6. The topological polar surface area (TPSA) is 77.5 Å². The average Bonchev–Trinajstić information content (AvgIpc) is 2.94. The van der Waals surface area contributed by atoms with Gasteiger partial charge in [-0.3, -0.25) is 0 Å². The molecular weight excluding hydrogens is 606 g/mol. The summed E-state index contributed by atoms with van der Waals surface area (Å²) in [5, 5.41) is 2.72. The van der Waals surface area contributed by atoms with Gasteiger partial charge in [-0.1, -0.05) is 72.8 Å². The highest BCUT2D eigenvalue weighted by Crippen LogP contribution is 2.46. The van der Waals surface area contributed by atoms with Crippen molar-refractivity contribution < 1.29 is 47.9 Å². The molecule has 0 aromatic heterocycles. The molecule has 0 unspecified atom stereocenters. The molecule has 5 aromatic carbocycles. The van der Waals surface area contributed by atoms with E-state index in [1.54, 1.807) is 48.5 Å². The standard InChI is InChI=1S/C29H20F6O5S2/c1-40-19-13-10-18(11-14-19)26-24(16-25(41(36,37)28(30,31)32)42(38,39)29(33,34)35)22-9-5-4-8-21(22)23-15-12-17-6-2-3-7-20(17)27(23)26/h2-15,25H,16H2,1H3. The minimum Gasteiger partial charge on any atom is -0.497 e. The van der Waals surface area contributed by atoms with Crippen LogP contribution in [-0.2, 0) is 26.1 Å². The van der Waals surface area contributed by atoms with Crippen molar-refractivity contribution in [2.24, 2.45) is 0 Å². The van der Waals surface area contributed by atoms with Crippen molar-refractivity contribution in [3.63, 3.8) is 0 Å². The lowest BCUT2D eigenvalue weighted by atomic mass is 9.85. The number of methoxy groups -OCH3 is 1. The van der Waals surface area contributed by atoms with Gasteiger partial charge in [0.05, 0.1) is 7.11 Å². The first-order valence-electron chi connectivity index (χ1n) is 12.2. The molecular formula is C29H20F6O5S2. The fourth-order valence-electron chi connectivity index (χ4n) is 5.17. The van der Waals surface area contributed by atoms with Crippen LogP contribution in [0.5, 0.6) is 5.75 Å². The number of fused-ring (bicyclic) bond motifs is 5. The molecule has 0 N–H and O–H groups in total. The van der Waals surface area contributed by atoms with E-state index in [0.717, 1.165) is 0 Å². The Morgan fingerprint density at radius 1 is 0.643 bits per heavy atom. The number of rotatable bonds is 6. The van der Waals surface area contributed by atoms with Crippen molar-refractivity contribution in [3.8, 4) is 16.9 Å². The van der Waals surface area contributed by atoms with E-state index >= 15 is 0 Å². The van der Waals surface area contributed by atoms with Crippen molar-refractivity contribution in [1.29, 1.82) is 0 Å². The summed E-state index contributed by atoms with van der Waals surface area (Å²) in [4.78, 5) is 0. The Morgan fingerprint density at radius 3 is 1.71 bits per heavy atom. The first kappa shape index (κ1) is 29.6. The first-order valence-corrected chi connectivity index (χ1v) is 15.3. The Kier molecular flexibility index (Phi) is 7.17. The summed E-state index contributed by atoms with van der Waals surface area (Å²) >= 11 is 0. The SMILES string of the molecule is COc1ccc(-c2c(CC(S(=O)(=O)C(F)(F)F)S(=O)(=O)C(F)(F)F)c3ccccc3c3ccc4ccccc4c23)cc1. The van der Waals surface area contributed by atoms with Crippen LogP contribution in [0.2, 0.25) is 0 Å². The van der Waals surface area contributed by atoms with E-state index < -0.39 is 41.7 Å². The number of ether oxygens (including phenoxy) is 1. The molecule has 0 radical (unpaired) electrons. The molecule has 0 atom stereocenters. The van der Waals surface area contributed by atoms with Gasteiger partial charge < -0.3 is 4.74 Å². The number of hydrogen-bond donors (Lipinski definition) is 0. The van der Waals surface area contributed by atoms with Gasteiger partial charge in [0, 0.05) is 6.42 Å². The molecule has 0 saturated carbocycles. The molecule has 220 valence electrons. The minimum absolute atomic E-state index is 0.0999. The lowest BCUT2D eigenvalue weighted by Crippen LogP contribution is -2.46. The maximum absolute atomic E-state index is 13.8. The second-order valence-electron chi connectivity index (χ2n) is 9.45. The highest BCUT2D eigenvalue weighted by atomic mass is 32.3. The Morgan fingerprint density at radius 2 is 1.17 bits per heavy atom. The molecule has 5 rings (SSSR count). The largest absolute Gasteiger partial charge is 0.498 e. The van der Waals surface area contributed by atoms with Gasteiger partial charge in [-0.15, -0.1) is 0 Å². The second-order valence-corrected chi connectivity index (χ2v) is 14.0. The van der Waals surface area contributed by atoms with E-state index in [4.69, 9.17) is 4.74 Å². The Hall–Kier alpha value is -3.84. The normalized spacial score (nSPS) is 13.3. The summed E-state index contributed by atoms with van der Waals surface area (Å²) in [6, 6.07) is 22.6. The van der Waals surface area contributed by atoms with Crippen LogP contribution in [0.25, 0.3) is 43.4 Å². The molecule has 0 amide bonds. The van der Waals surface area contributed by atoms with Crippen LogP contribution >= 0.6 is 0 Å². The van der Waals surface area contributed by atoms with E-state index in [-0.39, 0.29) is 16.5 Å². The van der Waals surface area contributed by atoms with Gasteiger partial charge in [-0.2, -0.15) is 26.3 Å². The number of halogens is 6. The number of alkyl halides is 6. The molecule has 0 fully saturated rings. The quantitative estimate of drug-likeness (QED) is 0.144. The van der Waals surface area contributed by atoms with Crippen LogP contribution in [0.15, 0.2) is 84.9 Å². The fraction of sp³-hybridized carbons (Fsp3) is 0.172. The Bertz CT molecular complexity index is 2010. The maximum Gasteiger partial charge on any atom is 0.498 e. The Labute approximate surface area is 236 Å². The number of sulfone groups is 2. The van der Waals surface area contributed by atoms with E-state index in [1.807, 2.05) is 0 Å². The van der Waals surface area contributed by atoms with Crippen molar-refractivity contribution in [2.45, 2.75) is 22.0 Å². The predicted molar refractivity (Wildman–Crippen MR) is 148 cm³/mol. The predicted octanol–water partition coefficient (Wildman–Crippen LogP) is 7.56. The van der Waals surface area contributed by atoms with E-state index in [1.165, 1.54) is 43.5 Å². The second kappa shape index (κ2) is 10.2. The maximum atomic E-state index is 13.8. The zero-order valence-electron chi connectivity index (χ0n) is 21.5. The third-order valence-electron chi connectivity index (χ3n) is 7.11. The average molecular weight is 627 g/mol. The van der Waals surface area contributed by atoms with Crippen LogP contribution in [0.3, 0.4) is 0 Å². The summed E-state index contributed by atoms with van der Waals surface area (Å²) in [6.45, 7) is 0. The van der Waals surface area contributed by atoms with Gasteiger partial charge in [0.1, 0.15) is 5.75 Å². The van der Waals surface area contributed by atoms with Crippen molar-refractivity contribution in [3.05, 3.63) is 90.5 Å². The molecule has 0 aliphatic rings. The van der Waals surface area contributed by atoms with Crippen LogP contribution in [0, 0.1) is 0 Å². The molecule has 0 saturated heterocycles. The molecule has 42 heavy (non-hydrogen) atoms. The molecule has 0 spiro atoms. The molecule has 0 bridgehead atoms. The molecule has 13 heteroatoms. The van der Waals surface area contributed by atoms with Gasteiger partial charge >= 0.3 is 11.0 Å². The van der Waals surface area contributed by atoms with Crippen molar-refractivity contribution in [2.75, 3.05) is 7.11 Å². The summed E-state index contributed by atoms with van der Waals surface area (Å²) in [5.74, 6) is 0.396. The van der Waals surface area contributed by atoms with Crippen molar-refractivity contribution >= 4 is 52.0 Å². The van der Waals surface area contributed by atoms with E-state index in [2.05, 4.69) is 0 Å². The van der Waals surface area contributed by atoms with Crippen molar-refractivity contribution in [1.82, 2.24) is 0 Å². The zero-order valence-corrected chi connectivity index (χ0v) is 23.1. The van der Waals surface area contributed by atoms with Gasteiger partial charge in [-0.05, 0) is 61.1 Å². The fourth-order valence-corrected chi connectivity index (χ4v) is 8.53. The highest BCUT2D eigenvalue weighted by molar-refractivity contribution is 8.09. The van der Waals surface area contributed by atoms with Gasteiger partial charge in [0.25, 0.3) is 19.7 Å². The zero-order chi connectivity index (χ0) is 30.7. The Balaban J connectivity index is 1.99. The van der Waals surface area contributed by atoms with Gasteiger partial charge in [0.15, 0.2) is 4.58 Å². The van der Waals surface area contributed by atoms with E-state index in [9.17, 15) is 43.2 Å². The molecule has 0 aliphatic heterocycles.